The van der Waals surface area contributed by atoms with Crippen LogP contribution in [0.15, 0.2) is 42.6 Å². The minimum atomic E-state index is -0.350. The van der Waals surface area contributed by atoms with Gasteiger partial charge < -0.3 is 10.1 Å². The number of pyridine rings is 1. The summed E-state index contributed by atoms with van der Waals surface area (Å²) >= 11 is 0. The molecule has 1 aromatic heterocycles. The van der Waals surface area contributed by atoms with E-state index in [2.05, 4.69) is 10.3 Å². The summed E-state index contributed by atoms with van der Waals surface area (Å²) in [5, 5.41) is 3.10. The van der Waals surface area contributed by atoms with Gasteiger partial charge in [-0.2, -0.15) is 0 Å². The summed E-state index contributed by atoms with van der Waals surface area (Å²) in [5.74, 6) is 0.496. The molecule has 0 aliphatic carbocycles. The summed E-state index contributed by atoms with van der Waals surface area (Å²) in [4.78, 5) is 14.7. The predicted molar refractivity (Wildman–Crippen MR) is 74.1 cm³/mol. The van der Waals surface area contributed by atoms with E-state index in [0.717, 1.165) is 12.0 Å². The molecule has 20 heavy (non-hydrogen) atoms. The first-order valence-corrected chi connectivity index (χ1v) is 6.26. The summed E-state index contributed by atoms with van der Waals surface area (Å²) in [6, 6.07) is 10.3. The van der Waals surface area contributed by atoms with E-state index >= 15 is 0 Å². The van der Waals surface area contributed by atoms with Crippen LogP contribution in [0, 0.1) is 5.82 Å². The number of hydrogen-bond donors (Lipinski definition) is 1. The first-order chi connectivity index (χ1) is 9.63. The number of benzene rings is 1. The first-order valence-electron chi connectivity index (χ1n) is 6.26. The Morgan fingerprint density at radius 3 is 2.60 bits per heavy atom. The molecule has 1 N–H and O–H groups in total. The summed E-state index contributed by atoms with van der Waals surface area (Å²) in [5.41, 5.74) is 1.11. The van der Waals surface area contributed by atoms with Crippen molar-refractivity contribution in [2.75, 3.05) is 11.9 Å². The lowest BCUT2D eigenvalue weighted by Crippen LogP contribution is -2.06. The van der Waals surface area contributed by atoms with E-state index in [0.29, 0.717) is 18.1 Å². The molecule has 0 amide bonds. The molecule has 0 radical (unpaired) electrons. The van der Waals surface area contributed by atoms with Crippen LogP contribution in [0.5, 0.6) is 5.75 Å². The highest BCUT2D eigenvalue weighted by atomic mass is 19.1. The van der Waals surface area contributed by atoms with Crippen molar-refractivity contribution in [3.05, 3.63) is 54.0 Å². The number of nitrogens with one attached hydrogen (secondary N) is 1. The Balaban J connectivity index is 1.82. The predicted octanol–water partition coefficient (Wildman–Crippen LogP) is 2.80. The fourth-order valence-electron chi connectivity index (χ4n) is 1.71. The zero-order chi connectivity index (χ0) is 14.4. The maximum atomic E-state index is 12.7. The van der Waals surface area contributed by atoms with Gasteiger partial charge in [0, 0.05) is 13.5 Å². The second kappa shape index (κ2) is 6.65. The lowest BCUT2D eigenvalue weighted by molar-refractivity contribution is -0.131. The molecule has 1 heterocycles. The van der Waals surface area contributed by atoms with Gasteiger partial charge in [-0.05, 0) is 36.2 Å². The van der Waals surface area contributed by atoms with Crippen LogP contribution in [0.2, 0.25) is 0 Å². The van der Waals surface area contributed by atoms with Crippen LogP contribution in [0.4, 0.5) is 10.2 Å². The quantitative estimate of drug-likeness (QED) is 0.673. The van der Waals surface area contributed by atoms with Crippen molar-refractivity contribution in [1.29, 1.82) is 0 Å². The molecule has 0 saturated carbocycles. The van der Waals surface area contributed by atoms with Crippen LogP contribution >= 0.6 is 0 Å². The van der Waals surface area contributed by atoms with Crippen molar-refractivity contribution in [3.8, 4) is 5.75 Å². The second-order valence-electron chi connectivity index (χ2n) is 4.28. The third kappa shape index (κ3) is 4.35. The molecule has 0 atom stereocenters. The summed E-state index contributed by atoms with van der Waals surface area (Å²) in [6.07, 6.45) is 1.97. The molecule has 0 unspecified atom stereocenters. The topological polar surface area (TPSA) is 51.2 Å². The third-order valence-electron chi connectivity index (χ3n) is 2.63. The zero-order valence-corrected chi connectivity index (χ0v) is 11.1. The average Bonchev–Trinajstić information content (AvgIpc) is 2.42. The molecule has 5 heteroatoms. The molecule has 4 nitrogen and oxygen atoms in total. The fourth-order valence-corrected chi connectivity index (χ4v) is 1.71. The molecule has 2 rings (SSSR count). The van der Waals surface area contributed by atoms with Crippen molar-refractivity contribution < 1.29 is 13.9 Å². The Hall–Kier alpha value is -2.43. The van der Waals surface area contributed by atoms with Gasteiger partial charge >= 0.3 is 5.97 Å². The molecular weight excluding hydrogens is 259 g/mol. The van der Waals surface area contributed by atoms with Gasteiger partial charge in [0.25, 0.3) is 0 Å². The van der Waals surface area contributed by atoms with Gasteiger partial charge in [-0.3, -0.25) is 4.79 Å². The number of halogens is 1. The Labute approximate surface area is 116 Å². The number of carbonyl (C=O) groups excluding carboxylic acids is 1. The Kier molecular flexibility index (Phi) is 4.65. The number of ether oxygens (including phenoxy) is 1. The van der Waals surface area contributed by atoms with Crippen LogP contribution in [-0.2, 0) is 11.2 Å². The van der Waals surface area contributed by atoms with E-state index < -0.39 is 0 Å². The van der Waals surface area contributed by atoms with Crippen LogP contribution in [0.1, 0.15) is 12.5 Å². The number of esters is 1. The average molecular weight is 274 g/mol. The van der Waals surface area contributed by atoms with Gasteiger partial charge in [0.05, 0.1) is 6.20 Å². The molecule has 0 bridgehead atoms. The third-order valence-corrected chi connectivity index (χ3v) is 2.63. The standard InChI is InChI=1S/C15H15FN2O2/c1-11(19)20-14-5-2-12(3-6-14)8-9-17-15-7-4-13(16)10-18-15/h2-7,10H,8-9H2,1H3,(H,17,18). The fraction of sp³-hybridized carbons (Fsp3) is 0.200. The highest BCUT2D eigenvalue weighted by Gasteiger charge is 1.99. The minimum Gasteiger partial charge on any atom is -0.427 e. The second-order valence-corrected chi connectivity index (χ2v) is 4.28. The largest absolute Gasteiger partial charge is 0.427 e. The zero-order valence-electron chi connectivity index (χ0n) is 11.1. The van der Waals surface area contributed by atoms with Gasteiger partial charge in [-0.15, -0.1) is 0 Å². The van der Waals surface area contributed by atoms with Crippen LogP contribution in [0.25, 0.3) is 0 Å². The summed E-state index contributed by atoms with van der Waals surface area (Å²) in [6.45, 7) is 2.05. The normalized spacial score (nSPS) is 10.1. The molecule has 1 aromatic carbocycles. The number of anilines is 1. The van der Waals surface area contributed by atoms with E-state index in [1.807, 2.05) is 12.1 Å². The molecule has 104 valence electrons. The van der Waals surface area contributed by atoms with Crippen molar-refractivity contribution in [1.82, 2.24) is 4.98 Å². The lowest BCUT2D eigenvalue weighted by atomic mass is 10.1. The molecule has 0 spiro atoms. The number of rotatable bonds is 5. The number of aromatic nitrogens is 1. The number of nitrogens with zero attached hydrogens (tertiary/aromatic N) is 1. The van der Waals surface area contributed by atoms with E-state index in [1.165, 1.54) is 19.2 Å². The van der Waals surface area contributed by atoms with E-state index in [9.17, 15) is 9.18 Å². The number of hydrogen-bond acceptors (Lipinski definition) is 4. The van der Waals surface area contributed by atoms with Crippen LogP contribution < -0.4 is 10.1 Å². The lowest BCUT2D eigenvalue weighted by Gasteiger charge is -2.06. The van der Waals surface area contributed by atoms with Crippen molar-refractivity contribution in [2.45, 2.75) is 13.3 Å². The molecule has 0 fully saturated rings. The van der Waals surface area contributed by atoms with Crippen LogP contribution in [0.3, 0.4) is 0 Å². The summed E-state index contributed by atoms with van der Waals surface area (Å²) in [7, 11) is 0. The van der Waals surface area contributed by atoms with Crippen molar-refractivity contribution >= 4 is 11.8 Å². The van der Waals surface area contributed by atoms with Gasteiger partial charge in [-0.25, -0.2) is 9.37 Å². The van der Waals surface area contributed by atoms with Gasteiger partial charge in [0.1, 0.15) is 17.4 Å². The van der Waals surface area contributed by atoms with E-state index in [1.54, 1.807) is 18.2 Å². The molecule has 0 aliphatic heterocycles. The molecule has 2 aromatic rings. The van der Waals surface area contributed by atoms with Crippen molar-refractivity contribution in [2.24, 2.45) is 0 Å². The summed E-state index contributed by atoms with van der Waals surface area (Å²) < 4.78 is 17.6. The maximum Gasteiger partial charge on any atom is 0.308 e. The molecule has 0 saturated heterocycles. The Morgan fingerprint density at radius 1 is 1.25 bits per heavy atom. The minimum absolute atomic E-state index is 0.332. The molecule has 0 aliphatic rings. The van der Waals surface area contributed by atoms with Gasteiger partial charge in [0.15, 0.2) is 0 Å². The monoisotopic (exact) mass is 274 g/mol. The molecular formula is C15H15FN2O2. The Morgan fingerprint density at radius 2 is 2.00 bits per heavy atom. The van der Waals surface area contributed by atoms with Gasteiger partial charge in [-0.1, -0.05) is 12.1 Å². The highest BCUT2D eigenvalue weighted by Crippen LogP contribution is 2.13. The van der Waals surface area contributed by atoms with E-state index in [4.69, 9.17) is 4.74 Å². The smallest absolute Gasteiger partial charge is 0.308 e. The van der Waals surface area contributed by atoms with Crippen LogP contribution in [-0.4, -0.2) is 17.5 Å². The maximum absolute atomic E-state index is 12.7. The first kappa shape index (κ1) is 14.0. The number of carbonyl (C=O) groups is 1. The van der Waals surface area contributed by atoms with E-state index in [-0.39, 0.29) is 11.8 Å². The highest BCUT2D eigenvalue weighted by molar-refractivity contribution is 5.69. The Bertz CT molecular complexity index is 567. The SMILES string of the molecule is CC(=O)Oc1ccc(CCNc2ccc(F)cn2)cc1. The van der Waals surface area contributed by atoms with Gasteiger partial charge in [0.2, 0.25) is 0 Å². The van der Waals surface area contributed by atoms with Crippen molar-refractivity contribution in [3.63, 3.8) is 0 Å².